The lowest BCUT2D eigenvalue weighted by atomic mass is 10.1. The Labute approximate surface area is 175 Å². The molecule has 0 aliphatic carbocycles. The van der Waals surface area contributed by atoms with Gasteiger partial charge in [0, 0.05) is 30.8 Å². The molecule has 1 heterocycles. The van der Waals surface area contributed by atoms with Crippen molar-refractivity contribution >= 4 is 29.2 Å². The molecule has 0 unspecified atom stereocenters. The first kappa shape index (κ1) is 20.5. The summed E-state index contributed by atoms with van der Waals surface area (Å²) in [6.07, 6.45) is 2.28. The van der Waals surface area contributed by atoms with Gasteiger partial charge in [0.2, 0.25) is 0 Å². The van der Waals surface area contributed by atoms with Crippen molar-refractivity contribution in [2.75, 3.05) is 18.9 Å². The van der Waals surface area contributed by atoms with Crippen molar-refractivity contribution in [2.45, 2.75) is 13.0 Å². The number of furan rings is 1. The molecule has 1 amide bonds. The molecule has 150 valence electrons. The van der Waals surface area contributed by atoms with Crippen molar-refractivity contribution in [3.8, 4) is 0 Å². The number of nitrogens with zero attached hydrogens (tertiary/aromatic N) is 1. The molecule has 2 aromatic carbocycles. The van der Waals surface area contributed by atoms with E-state index in [-0.39, 0.29) is 11.7 Å². The van der Waals surface area contributed by atoms with E-state index in [1.807, 2.05) is 48.5 Å². The summed E-state index contributed by atoms with van der Waals surface area (Å²) < 4.78 is 5.09. The van der Waals surface area contributed by atoms with E-state index in [9.17, 15) is 4.79 Å². The highest BCUT2D eigenvalue weighted by molar-refractivity contribution is 6.31. The second-order valence-corrected chi connectivity index (χ2v) is 6.73. The van der Waals surface area contributed by atoms with Gasteiger partial charge in [-0.2, -0.15) is 0 Å². The maximum atomic E-state index is 12.0. The molecule has 0 radical (unpaired) electrons. The number of carbonyl (C=O) groups excluding carboxylic acids is 1. The topological polar surface area (TPSA) is 78.7 Å². The first-order valence-corrected chi connectivity index (χ1v) is 9.65. The average molecular weight is 411 g/mol. The molecular formula is C22H23ClN4O2. The summed E-state index contributed by atoms with van der Waals surface area (Å²) in [7, 11) is 1.73. The van der Waals surface area contributed by atoms with Crippen molar-refractivity contribution in [3.05, 3.63) is 88.8 Å². The number of rotatable bonds is 7. The molecule has 6 nitrogen and oxygen atoms in total. The van der Waals surface area contributed by atoms with Crippen LogP contribution in [0.1, 0.15) is 21.7 Å². The lowest BCUT2D eigenvalue weighted by Gasteiger charge is -2.13. The van der Waals surface area contributed by atoms with Gasteiger partial charge in [-0.25, -0.2) is 0 Å². The Morgan fingerprint density at radius 1 is 1.03 bits per heavy atom. The second-order valence-electron chi connectivity index (χ2n) is 6.32. The monoisotopic (exact) mass is 410 g/mol. The van der Waals surface area contributed by atoms with E-state index in [0.717, 1.165) is 29.1 Å². The molecule has 0 spiro atoms. The number of halogens is 1. The molecule has 3 rings (SSSR count). The summed E-state index contributed by atoms with van der Waals surface area (Å²) in [6, 6.07) is 18.7. The molecule has 0 atom stereocenters. The van der Waals surface area contributed by atoms with Crippen molar-refractivity contribution in [2.24, 2.45) is 4.99 Å². The number of anilines is 1. The molecule has 7 heteroatoms. The Balaban J connectivity index is 1.44. The van der Waals surface area contributed by atoms with Crippen LogP contribution in [-0.2, 0) is 13.0 Å². The van der Waals surface area contributed by atoms with Crippen LogP contribution in [0, 0.1) is 0 Å². The van der Waals surface area contributed by atoms with Crippen LogP contribution in [0.5, 0.6) is 0 Å². The van der Waals surface area contributed by atoms with Gasteiger partial charge in [0.25, 0.3) is 5.91 Å². The maximum absolute atomic E-state index is 12.0. The predicted molar refractivity (Wildman–Crippen MR) is 116 cm³/mol. The minimum absolute atomic E-state index is 0.274. The van der Waals surface area contributed by atoms with Crippen LogP contribution < -0.4 is 16.0 Å². The second kappa shape index (κ2) is 10.3. The van der Waals surface area contributed by atoms with Crippen molar-refractivity contribution in [1.82, 2.24) is 10.6 Å². The van der Waals surface area contributed by atoms with Crippen LogP contribution in [0.4, 0.5) is 5.69 Å². The fraction of sp³-hybridized carbons (Fsp3) is 0.182. The largest absolute Gasteiger partial charge is 0.459 e. The minimum atomic E-state index is -0.274. The molecule has 0 aliphatic rings. The van der Waals surface area contributed by atoms with E-state index in [0.29, 0.717) is 18.2 Å². The number of hydrogen-bond donors (Lipinski definition) is 3. The van der Waals surface area contributed by atoms with E-state index in [1.54, 1.807) is 19.2 Å². The SMILES string of the molecule is CN=C(NCCc1ccccc1Cl)NCc1ccc(NC(=O)c2ccco2)cc1. The van der Waals surface area contributed by atoms with Gasteiger partial charge in [-0.05, 0) is 47.9 Å². The summed E-state index contributed by atoms with van der Waals surface area (Å²) in [5, 5.41) is 10.1. The molecule has 0 fully saturated rings. The van der Waals surface area contributed by atoms with E-state index in [4.69, 9.17) is 16.0 Å². The summed E-state index contributed by atoms with van der Waals surface area (Å²) in [4.78, 5) is 16.2. The highest BCUT2D eigenvalue weighted by Crippen LogP contribution is 2.15. The summed E-state index contributed by atoms with van der Waals surface area (Å²) in [5.74, 6) is 0.721. The first-order chi connectivity index (χ1) is 14.2. The normalized spacial score (nSPS) is 11.2. The van der Waals surface area contributed by atoms with Crippen LogP contribution >= 0.6 is 11.6 Å². The third kappa shape index (κ3) is 6.12. The van der Waals surface area contributed by atoms with E-state index in [1.165, 1.54) is 6.26 Å². The third-order valence-corrected chi connectivity index (χ3v) is 4.65. The molecule has 1 aromatic heterocycles. The summed E-state index contributed by atoms with van der Waals surface area (Å²) in [6.45, 7) is 1.33. The summed E-state index contributed by atoms with van der Waals surface area (Å²) >= 11 is 6.18. The lowest BCUT2D eigenvalue weighted by molar-refractivity contribution is 0.0996. The van der Waals surface area contributed by atoms with Crippen LogP contribution in [0.3, 0.4) is 0 Å². The van der Waals surface area contributed by atoms with Gasteiger partial charge in [-0.1, -0.05) is 41.9 Å². The number of nitrogens with one attached hydrogen (secondary N) is 3. The van der Waals surface area contributed by atoms with Crippen molar-refractivity contribution < 1.29 is 9.21 Å². The third-order valence-electron chi connectivity index (χ3n) is 4.28. The number of carbonyl (C=O) groups is 1. The highest BCUT2D eigenvalue weighted by atomic mass is 35.5. The van der Waals surface area contributed by atoms with E-state index in [2.05, 4.69) is 20.9 Å². The quantitative estimate of drug-likeness (QED) is 0.405. The van der Waals surface area contributed by atoms with Crippen molar-refractivity contribution in [3.63, 3.8) is 0 Å². The Bertz CT molecular complexity index is 953. The number of aliphatic imine (C=N–C) groups is 1. The standard InChI is InChI=1S/C22H23ClN4O2/c1-24-22(25-13-12-17-5-2-3-6-19(17)23)26-15-16-8-10-18(11-9-16)27-21(28)20-7-4-14-29-20/h2-11,14H,12-13,15H2,1H3,(H,27,28)(H2,24,25,26). The first-order valence-electron chi connectivity index (χ1n) is 9.27. The van der Waals surface area contributed by atoms with Crippen LogP contribution in [0.2, 0.25) is 5.02 Å². The number of amides is 1. The summed E-state index contributed by atoms with van der Waals surface area (Å²) in [5.41, 5.74) is 2.87. The fourth-order valence-electron chi connectivity index (χ4n) is 2.73. The lowest BCUT2D eigenvalue weighted by Crippen LogP contribution is -2.37. The van der Waals surface area contributed by atoms with Gasteiger partial charge in [0.1, 0.15) is 0 Å². The fourth-order valence-corrected chi connectivity index (χ4v) is 2.96. The van der Waals surface area contributed by atoms with E-state index >= 15 is 0 Å². The van der Waals surface area contributed by atoms with Crippen molar-refractivity contribution in [1.29, 1.82) is 0 Å². The predicted octanol–water partition coefficient (Wildman–Crippen LogP) is 4.09. The van der Waals surface area contributed by atoms with Gasteiger partial charge < -0.3 is 20.4 Å². The van der Waals surface area contributed by atoms with Crippen LogP contribution in [0.15, 0.2) is 76.3 Å². The van der Waals surface area contributed by atoms with Crippen LogP contribution in [0.25, 0.3) is 0 Å². The molecule has 0 saturated carbocycles. The Kier molecular flexibility index (Phi) is 7.30. The molecule has 0 saturated heterocycles. The molecule has 29 heavy (non-hydrogen) atoms. The van der Waals surface area contributed by atoms with Crippen LogP contribution in [-0.4, -0.2) is 25.5 Å². The minimum Gasteiger partial charge on any atom is -0.459 e. The van der Waals surface area contributed by atoms with Gasteiger partial charge in [0.15, 0.2) is 11.7 Å². The Morgan fingerprint density at radius 3 is 2.52 bits per heavy atom. The zero-order valence-electron chi connectivity index (χ0n) is 16.1. The van der Waals surface area contributed by atoms with Gasteiger partial charge >= 0.3 is 0 Å². The molecule has 3 N–H and O–H groups in total. The molecular weight excluding hydrogens is 388 g/mol. The molecule has 0 aliphatic heterocycles. The number of guanidine groups is 1. The number of benzene rings is 2. The average Bonchev–Trinajstić information content (AvgIpc) is 3.28. The smallest absolute Gasteiger partial charge is 0.291 e. The zero-order chi connectivity index (χ0) is 20.5. The van der Waals surface area contributed by atoms with Gasteiger partial charge in [-0.15, -0.1) is 0 Å². The zero-order valence-corrected chi connectivity index (χ0v) is 16.9. The highest BCUT2D eigenvalue weighted by Gasteiger charge is 2.08. The Morgan fingerprint density at radius 2 is 1.83 bits per heavy atom. The number of hydrogen-bond acceptors (Lipinski definition) is 3. The Hall–Kier alpha value is -3.25. The van der Waals surface area contributed by atoms with E-state index < -0.39 is 0 Å². The molecule has 3 aromatic rings. The van der Waals surface area contributed by atoms with Gasteiger partial charge in [0.05, 0.1) is 6.26 Å². The molecule has 0 bridgehead atoms. The van der Waals surface area contributed by atoms with Gasteiger partial charge in [-0.3, -0.25) is 9.79 Å². The maximum Gasteiger partial charge on any atom is 0.291 e.